The summed E-state index contributed by atoms with van der Waals surface area (Å²) in [5, 5.41) is 17.7. The quantitative estimate of drug-likeness (QED) is 0.869. The highest BCUT2D eigenvalue weighted by molar-refractivity contribution is 6.20. The van der Waals surface area contributed by atoms with Crippen molar-refractivity contribution in [3.8, 4) is 0 Å². The zero-order valence-corrected chi connectivity index (χ0v) is 15.6. The average molecular weight is 392 g/mol. The Morgan fingerprint density at radius 3 is 2.59 bits per heavy atom. The van der Waals surface area contributed by atoms with Crippen molar-refractivity contribution in [3.63, 3.8) is 0 Å². The summed E-state index contributed by atoms with van der Waals surface area (Å²) in [6.07, 6.45) is 4.19. The van der Waals surface area contributed by atoms with Gasteiger partial charge < -0.3 is 14.6 Å². The Labute approximate surface area is 165 Å². The van der Waals surface area contributed by atoms with Crippen molar-refractivity contribution in [2.24, 2.45) is 10.2 Å². The molecule has 0 radical (unpaired) electrons. The van der Waals surface area contributed by atoms with E-state index in [2.05, 4.69) is 10.2 Å². The number of rotatable bonds is 3. The van der Waals surface area contributed by atoms with Crippen LogP contribution in [0.1, 0.15) is 45.9 Å². The normalized spacial score (nSPS) is 17.7. The third kappa shape index (κ3) is 2.79. The van der Waals surface area contributed by atoms with Gasteiger partial charge in [0.15, 0.2) is 11.7 Å². The number of carboxylic acids is 1. The van der Waals surface area contributed by atoms with Crippen molar-refractivity contribution in [1.29, 1.82) is 0 Å². The highest BCUT2D eigenvalue weighted by Gasteiger charge is 2.37. The molecule has 8 heteroatoms. The summed E-state index contributed by atoms with van der Waals surface area (Å²) in [5.41, 5.74) is 1.60. The van der Waals surface area contributed by atoms with Crippen LogP contribution in [0.4, 0.5) is 10.2 Å². The highest BCUT2D eigenvalue weighted by atomic mass is 19.1. The number of halogens is 1. The number of hydrogen-bond donors (Lipinski definition) is 1. The van der Waals surface area contributed by atoms with Crippen molar-refractivity contribution in [2.75, 3.05) is 11.4 Å². The number of anilines is 1. The van der Waals surface area contributed by atoms with E-state index in [0.29, 0.717) is 11.5 Å². The third-order valence-corrected chi connectivity index (χ3v) is 5.37. The van der Waals surface area contributed by atoms with E-state index in [-0.39, 0.29) is 29.5 Å². The summed E-state index contributed by atoms with van der Waals surface area (Å²) in [7, 11) is 0. The summed E-state index contributed by atoms with van der Waals surface area (Å²) < 4.78 is 16.5. The Balaban J connectivity index is 1.69. The number of nitrogens with zero attached hydrogens (tertiary/aromatic N) is 4. The molecule has 5 rings (SSSR count). The fourth-order valence-electron chi connectivity index (χ4n) is 3.70. The molecule has 0 saturated heterocycles. The molecular formula is C21H17FN4O3. The zero-order valence-electron chi connectivity index (χ0n) is 15.6. The van der Waals surface area contributed by atoms with Crippen LogP contribution in [0.25, 0.3) is 6.08 Å². The molecule has 146 valence electrons. The largest absolute Gasteiger partial charge is 0.477 e. The maximum Gasteiger partial charge on any atom is 0.341 e. The van der Waals surface area contributed by atoms with Gasteiger partial charge in [-0.3, -0.25) is 4.79 Å². The summed E-state index contributed by atoms with van der Waals surface area (Å²) in [5.74, 6) is -1.51. The Morgan fingerprint density at radius 2 is 1.93 bits per heavy atom. The minimum absolute atomic E-state index is 0.0326. The number of fused-ring (bicyclic) bond motifs is 3. The molecule has 3 aliphatic rings. The molecule has 2 aromatic rings. The van der Waals surface area contributed by atoms with Crippen LogP contribution >= 0.6 is 0 Å². The smallest absolute Gasteiger partial charge is 0.341 e. The Kier molecular flexibility index (Phi) is 3.77. The van der Waals surface area contributed by atoms with Crippen molar-refractivity contribution in [1.82, 2.24) is 4.57 Å². The molecule has 1 N–H and O–H groups in total. The van der Waals surface area contributed by atoms with E-state index in [1.165, 1.54) is 6.20 Å². The maximum absolute atomic E-state index is 14.8. The van der Waals surface area contributed by atoms with Crippen LogP contribution in [0.2, 0.25) is 0 Å². The number of aromatic carboxylic acids is 1. The number of amidine groups is 1. The SMILES string of the molecule is Cc1ccc(C2=NN=C3C(F)=Cc4c(n(C5CC5)cc(C(=O)O)c4=O)N3C2)cc1. The number of aryl methyl sites for hydroxylation is 1. The van der Waals surface area contributed by atoms with Crippen LogP contribution in [0.15, 0.2) is 51.3 Å². The van der Waals surface area contributed by atoms with Gasteiger partial charge in [-0.05, 0) is 31.4 Å². The Bertz CT molecular complexity index is 1200. The first-order valence-electron chi connectivity index (χ1n) is 9.33. The maximum atomic E-state index is 14.8. The highest BCUT2D eigenvalue weighted by Crippen LogP contribution is 2.41. The molecule has 0 amide bonds. The lowest BCUT2D eigenvalue weighted by molar-refractivity contribution is 0.0694. The van der Waals surface area contributed by atoms with Gasteiger partial charge in [0.2, 0.25) is 5.43 Å². The molecule has 3 heterocycles. The van der Waals surface area contributed by atoms with E-state index < -0.39 is 17.2 Å². The van der Waals surface area contributed by atoms with E-state index in [1.54, 1.807) is 9.47 Å². The van der Waals surface area contributed by atoms with Crippen molar-refractivity contribution >= 4 is 29.4 Å². The average Bonchev–Trinajstić information content (AvgIpc) is 3.54. The predicted octanol–water partition coefficient (Wildman–Crippen LogP) is 3.14. The van der Waals surface area contributed by atoms with Gasteiger partial charge in [0.05, 0.1) is 17.8 Å². The molecular weight excluding hydrogens is 375 g/mol. The minimum Gasteiger partial charge on any atom is -0.477 e. The van der Waals surface area contributed by atoms with Crippen LogP contribution in [0, 0.1) is 6.92 Å². The molecule has 7 nitrogen and oxygen atoms in total. The number of benzene rings is 1. The molecule has 1 aliphatic carbocycles. The monoisotopic (exact) mass is 392 g/mol. The van der Waals surface area contributed by atoms with Gasteiger partial charge >= 0.3 is 5.97 Å². The van der Waals surface area contributed by atoms with Crippen LogP contribution in [0.5, 0.6) is 0 Å². The van der Waals surface area contributed by atoms with Gasteiger partial charge in [0, 0.05) is 12.2 Å². The second-order valence-corrected chi connectivity index (χ2v) is 7.47. The third-order valence-electron chi connectivity index (χ3n) is 5.37. The summed E-state index contributed by atoms with van der Waals surface area (Å²) >= 11 is 0. The first-order valence-corrected chi connectivity index (χ1v) is 9.33. The van der Waals surface area contributed by atoms with Crippen LogP contribution in [-0.2, 0) is 0 Å². The molecule has 1 fully saturated rings. The van der Waals surface area contributed by atoms with Crippen molar-refractivity contribution < 1.29 is 14.3 Å². The van der Waals surface area contributed by atoms with Crippen molar-refractivity contribution in [2.45, 2.75) is 25.8 Å². The van der Waals surface area contributed by atoms with Crippen LogP contribution in [-0.4, -0.2) is 33.7 Å². The van der Waals surface area contributed by atoms with Gasteiger partial charge in [-0.15, -0.1) is 5.10 Å². The van der Waals surface area contributed by atoms with E-state index in [4.69, 9.17) is 0 Å². The number of carboxylic acid groups (broad SMARTS) is 1. The number of aromatic nitrogens is 1. The Hall–Kier alpha value is -3.55. The van der Waals surface area contributed by atoms with Gasteiger partial charge in [-0.1, -0.05) is 29.8 Å². The van der Waals surface area contributed by atoms with Gasteiger partial charge in [-0.25, -0.2) is 9.18 Å². The predicted molar refractivity (Wildman–Crippen MR) is 108 cm³/mol. The van der Waals surface area contributed by atoms with Crippen molar-refractivity contribution in [3.05, 3.63) is 68.8 Å². The molecule has 1 aromatic heterocycles. The second kappa shape index (κ2) is 6.23. The molecule has 0 unspecified atom stereocenters. The number of carbonyl (C=O) groups is 1. The van der Waals surface area contributed by atoms with Gasteiger partial charge in [0.1, 0.15) is 11.4 Å². The molecule has 0 atom stereocenters. The lowest BCUT2D eigenvalue weighted by atomic mass is 10.0. The summed E-state index contributed by atoms with van der Waals surface area (Å²) in [6, 6.07) is 7.85. The molecule has 0 spiro atoms. The lowest BCUT2D eigenvalue weighted by Crippen LogP contribution is -2.44. The first-order chi connectivity index (χ1) is 13.9. The number of hydrogen-bond acceptors (Lipinski definition) is 5. The summed E-state index contributed by atoms with van der Waals surface area (Å²) in [6.45, 7) is 2.22. The minimum atomic E-state index is -1.32. The molecule has 0 bridgehead atoms. The second-order valence-electron chi connectivity index (χ2n) is 7.47. The van der Waals surface area contributed by atoms with Gasteiger partial charge in [0.25, 0.3) is 0 Å². The lowest BCUT2D eigenvalue weighted by Gasteiger charge is -2.34. The van der Waals surface area contributed by atoms with E-state index in [9.17, 15) is 19.1 Å². The van der Waals surface area contributed by atoms with E-state index in [1.807, 2.05) is 31.2 Å². The fraction of sp³-hybridized carbons (Fsp3) is 0.238. The topological polar surface area (TPSA) is 87.3 Å². The van der Waals surface area contributed by atoms with Crippen LogP contribution in [0.3, 0.4) is 0 Å². The first kappa shape index (κ1) is 17.5. The van der Waals surface area contributed by atoms with Gasteiger partial charge in [-0.2, -0.15) is 5.10 Å². The molecule has 29 heavy (non-hydrogen) atoms. The Morgan fingerprint density at radius 1 is 1.21 bits per heavy atom. The fourth-order valence-corrected chi connectivity index (χ4v) is 3.70. The molecule has 1 aromatic carbocycles. The van der Waals surface area contributed by atoms with Crippen LogP contribution < -0.4 is 10.3 Å². The van der Waals surface area contributed by atoms with E-state index >= 15 is 0 Å². The van der Waals surface area contributed by atoms with E-state index in [0.717, 1.165) is 30.0 Å². The molecule has 1 saturated carbocycles. The summed E-state index contributed by atoms with van der Waals surface area (Å²) in [4.78, 5) is 25.9. The standard InChI is InChI=1S/C21H17FN4O3/c1-11-2-4-12(5-3-11)17-10-26-19(24-23-17)16(22)8-14-18(27)15(21(28)29)9-25(20(14)26)13-6-7-13/h2-5,8-9,13H,6-7,10H2,1H3,(H,28,29). The molecule has 2 aliphatic heterocycles. The number of pyridine rings is 1. The zero-order chi connectivity index (χ0) is 20.3.